The zero-order chi connectivity index (χ0) is 24.3. The van der Waals surface area contributed by atoms with Crippen molar-refractivity contribution in [1.82, 2.24) is 0 Å². The molecule has 4 aromatic carbocycles. The zero-order valence-corrected chi connectivity index (χ0v) is 31.9. The van der Waals surface area contributed by atoms with Gasteiger partial charge in [-0.25, -0.2) is 0 Å². The van der Waals surface area contributed by atoms with E-state index in [0.717, 1.165) is 0 Å². The second-order valence-corrected chi connectivity index (χ2v) is 28.8. The molecule has 0 heterocycles. The third-order valence-electron chi connectivity index (χ3n) is 3.81. The average Bonchev–Trinajstić information content (AvgIpc) is 2.81. The summed E-state index contributed by atoms with van der Waals surface area (Å²) >= 11 is -4.12. The van der Waals surface area contributed by atoms with E-state index in [1.54, 1.807) is 0 Å². The largest absolute Gasteiger partial charge is 1.00 e. The molecular weight excluding hydrogens is 712 g/mol. The molecule has 188 valence electrons. The Morgan fingerprint density at radius 3 is 0.816 bits per heavy atom. The van der Waals surface area contributed by atoms with Crippen LogP contribution in [0.2, 0.25) is 0 Å². The van der Waals surface area contributed by atoms with Gasteiger partial charge in [0.05, 0.1) is 0 Å². The van der Waals surface area contributed by atoms with E-state index >= 15 is 0 Å². The maximum absolute atomic E-state index is 4.99. The molecule has 0 aliphatic heterocycles. The van der Waals surface area contributed by atoms with Crippen LogP contribution in [0.15, 0.2) is 121 Å². The summed E-state index contributed by atoms with van der Waals surface area (Å²) in [5.74, 6) is 0. The molecule has 0 atom stereocenters. The Balaban J connectivity index is -0.0000000759. The Morgan fingerprint density at radius 2 is 0.605 bits per heavy atom. The van der Waals surface area contributed by atoms with E-state index in [2.05, 4.69) is 104 Å². The Labute approximate surface area is 315 Å². The Hall–Kier alpha value is 2.15. The van der Waals surface area contributed by atoms with Gasteiger partial charge in [0.15, 0.2) is 0 Å². The second kappa shape index (κ2) is 33.7. The molecule has 0 aliphatic carbocycles. The maximum atomic E-state index is 4.99. The van der Waals surface area contributed by atoms with Crippen molar-refractivity contribution in [3.05, 3.63) is 121 Å². The first-order valence-electron chi connectivity index (χ1n) is 9.78. The second-order valence-electron chi connectivity index (χ2n) is 6.19. The Morgan fingerprint density at radius 1 is 0.421 bits per heavy atom. The fourth-order valence-corrected chi connectivity index (χ4v) is 2.55. The van der Waals surface area contributed by atoms with Crippen LogP contribution in [0.1, 0.15) is 17.7 Å². The van der Waals surface area contributed by atoms with Crippen LogP contribution in [-0.2, 0) is 0 Å². The molecule has 0 aromatic heterocycles. The number of hydrogen-bond donors (Lipinski definition) is 0. The number of halogens is 6. The molecule has 38 heavy (non-hydrogen) atoms. The topological polar surface area (TPSA) is 0 Å². The summed E-state index contributed by atoms with van der Waals surface area (Å²) in [6.07, 6.45) is 0. The van der Waals surface area contributed by atoms with Gasteiger partial charge in [-0.2, -0.15) is 0 Å². The molecule has 0 aliphatic rings. The summed E-state index contributed by atoms with van der Waals surface area (Å²) in [4.78, 5) is 0. The van der Waals surface area contributed by atoms with Crippen molar-refractivity contribution in [3.8, 4) is 11.1 Å². The number of hydrogen-bond acceptors (Lipinski definition) is 0. The SMILES string of the molecule is C.C.[B-](c1ccccc1)c1ccccc1.[Cl][Ga]([Cl])[Cl].[Cl][Ga]([Cl])[Cl].[H-].[H-].[Li+].[Li+].[Na+].c1ccc(-c2ccccc2)cc1. The number of benzene rings is 4. The molecule has 0 bridgehead atoms. The van der Waals surface area contributed by atoms with Crippen LogP contribution in [0.4, 0.5) is 0 Å². The molecule has 12 heteroatoms. The minimum Gasteiger partial charge on any atom is -1.00 e. The van der Waals surface area contributed by atoms with Crippen LogP contribution in [0.5, 0.6) is 0 Å². The van der Waals surface area contributed by atoms with E-state index in [1.807, 2.05) is 24.3 Å². The zero-order valence-electron chi connectivity index (χ0n) is 22.5. The summed E-state index contributed by atoms with van der Waals surface area (Å²) in [5.41, 5.74) is 5.04. The van der Waals surface area contributed by atoms with Crippen molar-refractivity contribution in [2.75, 3.05) is 0 Å². The van der Waals surface area contributed by atoms with Gasteiger partial charge in [-0.3, -0.25) is 18.2 Å². The van der Waals surface area contributed by atoms with Crippen LogP contribution in [-0.4, -0.2) is 33.7 Å². The molecular formula is C26H30BCl6Ga2Li2Na. The smallest absolute Gasteiger partial charge is 1.00 e. The average molecular weight is 742 g/mol. The molecule has 2 radical (unpaired) electrons. The monoisotopic (exact) mass is 738 g/mol. The summed E-state index contributed by atoms with van der Waals surface area (Å²) in [7, 11) is 32.1. The summed E-state index contributed by atoms with van der Waals surface area (Å²) in [6, 6.07) is 41.5. The van der Waals surface area contributed by atoms with E-state index in [1.165, 1.54) is 22.1 Å². The standard InChI is InChI=1S/C12H10B.C12H10.2CH4.6ClH.2Ga.2Li.Na.2H/c1-3-7-11(8-4-1)13-12-9-5-2-6-10-12;1-3-7-11(8-4-1)12-9-5-2-6-10-12;;;;;;;;;;;;;;;/h1-10H;1-10H;2*1H4;6*1H;;;;;;;/q-1;;;;;;;;;;2*+3;3*+1;2*-1/p-6. The molecule has 0 N–H and O–H groups in total. The van der Waals surface area contributed by atoms with E-state index in [0.29, 0.717) is 0 Å². The first-order chi connectivity index (χ1) is 15.9. The fraction of sp³-hybridized carbons (Fsp3) is 0.0769. The third-order valence-corrected chi connectivity index (χ3v) is 3.81. The van der Waals surface area contributed by atoms with E-state index < -0.39 is 26.4 Å². The van der Waals surface area contributed by atoms with Crippen molar-refractivity contribution in [2.24, 2.45) is 0 Å². The first kappa shape index (κ1) is 49.8. The molecule has 0 amide bonds. The van der Waals surface area contributed by atoms with E-state index in [9.17, 15) is 0 Å². The Bertz CT molecular complexity index is 907. The third kappa shape index (κ3) is 29.6. The molecule has 0 spiro atoms. The fourth-order valence-electron chi connectivity index (χ4n) is 2.55. The summed E-state index contributed by atoms with van der Waals surface area (Å²) < 4.78 is 0. The molecule has 0 saturated heterocycles. The predicted molar refractivity (Wildman–Crippen MR) is 172 cm³/mol. The minimum atomic E-state index is -2.06. The van der Waals surface area contributed by atoms with Crippen LogP contribution in [0.3, 0.4) is 0 Å². The van der Waals surface area contributed by atoms with Crippen molar-refractivity contribution >= 4 is 102 Å². The first-order valence-corrected chi connectivity index (χ1v) is 28.9. The van der Waals surface area contributed by atoms with Gasteiger partial charge in [0, 0.05) is 0 Å². The summed E-state index contributed by atoms with van der Waals surface area (Å²) in [6.45, 7) is 0. The van der Waals surface area contributed by atoms with Crippen LogP contribution in [0.25, 0.3) is 11.1 Å². The van der Waals surface area contributed by atoms with Crippen molar-refractivity contribution in [1.29, 1.82) is 0 Å². The molecule has 0 nitrogen and oxygen atoms in total. The normalized spacial score (nSPS) is 7.84. The van der Waals surface area contributed by atoms with Crippen molar-refractivity contribution in [3.63, 3.8) is 0 Å². The van der Waals surface area contributed by atoms with Gasteiger partial charge in [-0.15, -0.1) is 24.3 Å². The predicted octanol–water partition coefficient (Wildman–Crippen LogP) is 0.580. The van der Waals surface area contributed by atoms with Gasteiger partial charge in [0.25, 0.3) is 0 Å². The molecule has 0 unspecified atom stereocenters. The van der Waals surface area contributed by atoms with Gasteiger partial charge in [0.1, 0.15) is 0 Å². The Kier molecular flexibility index (Phi) is 44.1. The van der Waals surface area contributed by atoms with E-state index in [-0.39, 0.29) is 85.0 Å². The minimum absolute atomic E-state index is 0. The van der Waals surface area contributed by atoms with E-state index in [4.69, 9.17) is 57.8 Å². The molecule has 4 aromatic rings. The number of rotatable bonds is 3. The maximum Gasteiger partial charge on any atom is 1.00 e. The van der Waals surface area contributed by atoms with Gasteiger partial charge < -0.3 is 2.85 Å². The van der Waals surface area contributed by atoms with Crippen molar-refractivity contribution in [2.45, 2.75) is 14.9 Å². The quantitative estimate of drug-likeness (QED) is 0.270. The molecule has 0 saturated carbocycles. The van der Waals surface area contributed by atoms with Crippen LogP contribution in [0, 0.1) is 0 Å². The van der Waals surface area contributed by atoms with Gasteiger partial charge >= 0.3 is 152 Å². The van der Waals surface area contributed by atoms with Gasteiger partial charge in [-0.1, -0.05) is 112 Å². The van der Waals surface area contributed by atoms with Crippen molar-refractivity contribution < 1.29 is 70.1 Å². The molecule has 0 fully saturated rings. The summed E-state index contributed by atoms with van der Waals surface area (Å²) in [5, 5.41) is 0. The van der Waals surface area contributed by atoms with Crippen LogP contribution < -0.4 is 78.2 Å². The molecule has 4 rings (SSSR count). The van der Waals surface area contributed by atoms with Gasteiger partial charge in [-0.05, 0) is 11.1 Å². The van der Waals surface area contributed by atoms with Gasteiger partial charge in [0.2, 0.25) is 0 Å². The van der Waals surface area contributed by atoms with Crippen LogP contribution >= 0.6 is 57.8 Å².